The van der Waals surface area contributed by atoms with Gasteiger partial charge in [-0.15, -0.1) is 11.8 Å². The van der Waals surface area contributed by atoms with Gasteiger partial charge < -0.3 is 15.8 Å². The number of carbonyl (C=O) groups is 1. The third-order valence-corrected chi connectivity index (χ3v) is 3.39. The Morgan fingerprint density at radius 2 is 2.11 bits per heavy atom. The number of methoxy groups -OCH3 is 1. The summed E-state index contributed by atoms with van der Waals surface area (Å²) in [5, 5.41) is 2.78. The molecular weight excluding hydrogens is 248 g/mol. The smallest absolute Gasteiger partial charge is 0.239 e. The van der Waals surface area contributed by atoms with E-state index in [9.17, 15) is 4.79 Å². The molecule has 0 heterocycles. The third-order valence-electron chi connectivity index (χ3n) is 2.37. The van der Waals surface area contributed by atoms with Crippen molar-refractivity contribution >= 4 is 17.7 Å². The molecule has 0 aliphatic carbocycles. The summed E-state index contributed by atoms with van der Waals surface area (Å²) in [5.41, 5.74) is 6.84. The summed E-state index contributed by atoms with van der Waals surface area (Å²) in [4.78, 5) is 12.7. The third kappa shape index (κ3) is 5.53. The van der Waals surface area contributed by atoms with Gasteiger partial charge in [0.1, 0.15) is 6.04 Å². The van der Waals surface area contributed by atoms with Crippen LogP contribution in [0.25, 0.3) is 0 Å². The molecule has 0 bridgehead atoms. The van der Waals surface area contributed by atoms with Gasteiger partial charge >= 0.3 is 0 Å². The van der Waals surface area contributed by atoms with Crippen LogP contribution in [-0.4, -0.2) is 38.0 Å². The van der Waals surface area contributed by atoms with Crippen molar-refractivity contribution in [2.75, 3.05) is 26.0 Å². The van der Waals surface area contributed by atoms with Crippen LogP contribution in [0.1, 0.15) is 5.56 Å². The molecule has 0 aliphatic heterocycles. The van der Waals surface area contributed by atoms with Gasteiger partial charge in [0.2, 0.25) is 5.91 Å². The molecule has 18 heavy (non-hydrogen) atoms. The van der Waals surface area contributed by atoms with E-state index in [1.165, 1.54) is 17.6 Å². The molecule has 0 saturated carbocycles. The zero-order valence-electron chi connectivity index (χ0n) is 10.8. The Labute approximate surface area is 112 Å². The molecule has 0 aliphatic rings. The van der Waals surface area contributed by atoms with Crippen molar-refractivity contribution in [2.45, 2.75) is 17.9 Å². The number of nitrogens with one attached hydrogen (secondary N) is 1. The van der Waals surface area contributed by atoms with Crippen molar-refractivity contribution in [1.29, 1.82) is 0 Å². The Kier molecular flexibility index (Phi) is 6.78. The highest BCUT2D eigenvalue weighted by atomic mass is 32.2. The Bertz CT molecular complexity index is 368. The molecule has 3 N–H and O–H groups in total. The Balaban J connectivity index is 2.18. The lowest BCUT2D eigenvalue weighted by atomic mass is 10.2. The second-order valence-corrected chi connectivity index (χ2v) is 5.18. The number of ether oxygens (including phenoxy) is 1. The van der Waals surface area contributed by atoms with Gasteiger partial charge in [0.25, 0.3) is 0 Å². The summed E-state index contributed by atoms with van der Waals surface area (Å²) < 4.78 is 4.82. The SMILES string of the molecule is COCC(N)C(=O)NCCSc1ccc(C)cc1. The van der Waals surface area contributed by atoms with E-state index in [-0.39, 0.29) is 12.5 Å². The van der Waals surface area contributed by atoms with Crippen LogP contribution < -0.4 is 11.1 Å². The van der Waals surface area contributed by atoms with Gasteiger partial charge in [-0.05, 0) is 19.1 Å². The fourth-order valence-corrected chi connectivity index (χ4v) is 2.13. The van der Waals surface area contributed by atoms with Crippen LogP contribution in [0.5, 0.6) is 0 Å². The van der Waals surface area contributed by atoms with Gasteiger partial charge in [-0.1, -0.05) is 17.7 Å². The molecule has 0 aromatic heterocycles. The van der Waals surface area contributed by atoms with Gasteiger partial charge in [-0.2, -0.15) is 0 Å². The quantitative estimate of drug-likeness (QED) is 0.576. The average Bonchev–Trinajstić information content (AvgIpc) is 2.36. The van der Waals surface area contributed by atoms with E-state index in [4.69, 9.17) is 10.5 Å². The van der Waals surface area contributed by atoms with Crippen molar-refractivity contribution in [2.24, 2.45) is 5.73 Å². The molecule has 1 rings (SSSR count). The maximum absolute atomic E-state index is 11.5. The molecular formula is C13H20N2O2S. The normalized spacial score (nSPS) is 12.2. The number of hydrogen-bond acceptors (Lipinski definition) is 4. The first-order chi connectivity index (χ1) is 8.63. The fraction of sp³-hybridized carbons (Fsp3) is 0.462. The first kappa shape index (κ1) is 15.0. The Morgan fingerprint density at radius 1 is 1.44 bits per heavy atom. The first-order valence-corrected chi connectivity index (χ1v) is 6.83. The molecule has 1 aromatic carbocycles. The molecule has 0 radical (unpaired) electrons. The van der Waals surface area contributed by atoms with Crippen LogP contribution >= 0.6 is 11.8 Å². The maximum Gasteiger partial charge on any atom is 0.239 e. The zero-order chi connectivity index (χ0) is 13.4. The van der Waals surface area contributed by atoms with Crippen LogP contribution in [0.4, 0.5) is 0 Å². The second-order valence-electron chi connectivity index (χ2n) is 4.01. The minimum Gasteiger partial charge on any atom is -0.383 e. The van der Waals surface area contributed by atoms with E-state index in [1.54, 1.807) is 11.8 Å². The molecule has 4 nitrogen and oxygen atoms in total. The molecule has 0 fully saturated rings. The van der Waals surface area contributed by atoms with Crippen LogP contribution in [0.15, 0.2) is 29.2 Å². The minimum absolute atomic E-state index is 0.165. The molecule has 100 valence electrons. The number of hydrogen-bond donors (Lipinski definition) is 2. The van der Waals surface area contributed by atoms with Gasteiger partial charge in [0.15, 0.2) is 0 Å². The van der Waals surface area contributed by atoms with Crippen LogP contribution in [-0.2, 0) is 9.53 Å². The topological polar surface area (TPSA) is 64.3 Å². The molecule has 5 heteroatoms. The van der Waals surface area contributed by atoms with E-state index in [0.29, 0.717) is 6.54 Å². The summed E-state index contributed by atoms with van der Waals surface area (Å²) in [7, 11) is 1.53. The summed E-state index contributed by atoms with van der Waals surface area (Å²) in [6.07, 6.45) is 0. The number of amides is 1. The van der Waals surface area contributed by atoms with E-state index in [1.807, 2.05) is 0 Å². The minimum atomic E-state index is -0.584. The molecule has 0 saturated heterocycles. The summed E-state index contributed by atoms with van der Waals surface area (Å²) >= 11 is 1.71. The molecule has 1 aromatic rings. The van der Waals surface area contributed by atoms with E-state index in [0.717, 1.165) is 5.75 Å². The highest BCUT2D eigenvalue weighted by molar-refractivity contribution is 7.99. The van der Waals surface area contributed by atoms with Gasteiger partial charge in [-0.3, -0.25) is 4.79 Å². The number of thioether (sulfide) groups is 1. The number of carbonyl (C=O) groups excluding carboxylic acids is 1. The molecule has 1 atom stereocenters. The first-order valence-electron chi connectivity index (χ1n) is 5.85. The zero-order valence-corrected chi connectivity index (χ0v) is 11.6. The van der Waals surface area contributed by atoms with Crippen molar-refractivity contribution in [3.63, 3.8) is 0 Å². The predicted octanol–water partition coefficient (Wildman–Crippen LogP) is 1.18. The Morgan fingerprint density at radius 3 is 2.72 bits per heavy atom. The van der Waals surface area contributed by atoms with Crippen LogP contribution in [0.3, 0.4) is 0 Å². The number of rotatable bonds is 7. The predicted molar refractivity (Wildman–Crippen MR) is 74.8 cm³/mol. The molecule has 1 amide bonds. The van der Waals surface area contributed by atoms with Crippen molar-refractivity contribution in [3.8, 4) is 0 Å². The largest absolute Gasteiger partial charge is 0.383 e. The summed E-state index contributed by atoms with van der Waals surface area (Å²) in [5.74, 6) is 0.662. The van der Waals surface area contributed by atoms with Gasteiger partial charge in [-0.25, -0.2) is 0 Å². The molecule has 0 spiro atoms. The number of benzene rings is 1. The number of aryl methyl sites for hydroxylation is 1. The second kappa shape index (κ2) is 8.13. The van der Waals surface area contributed by atoms with Crippen molar-refractivity contribution in [1.82, 2.24) is 5.32 Å². The van der Waals surface area contributed by atoms with Crippen LogP contribution in [0.2, 0.25) is 0 Å². The monoisotopic (exact) mass is 268 g/mol. The average molecular weight is 268 g/mol. The van der Waals surface area contributed by atoms with Gasteiger partial charge in [0, 0.05) is 24.3 Å². The fourth-order valence-electron chi connectivity index (χ4n) is 1.36. The standard InChI is InChI=1S/C13H20N2O2S/c1-10-3-5-11(6-4-10)18-8-7-15-13(16)12(14)9-17-2/h3-6,12H,7-9,14H2,1-2H3,(H,15,16). The lowest BCUT2D eigenvalue weighted by Gasteiger charge is -2.10. The Hall–Kier alpha value is -1.04. The lowest BCUT2D eigenvalue weighted by Crippen LogP contribution is -2.44. The van der Waals surface area contributed by atoms with Crippen molar-refractivity contribution in [3.05, 3.63) is 29.8 Å². The molecule has 1 unspecified atom stereocenters. The summed E-state index contributed by atoms with van der Waals surface area (Å²) in [6, 6.07) is 7.74. The van der Waals surface area contributed by atoms with Crippen molar-refractivity contribution < 1.29 is 9.53 Å². The van der Waals surface area contributed by atoms with E-state index < -0.39 is 6.04 Å². The van der Waals surface area contributed by atoms with Gasteiger partial charge in [0.05, 0.1) is 6.61 Å². The highest BCUT2D eigenvalue weighted by Crippen LogP contribution is 2.17. The summed E-state index contributed by atoms with van der Waals surface area (Å²) in [6.45, 7) is 2.91. The van der Waals surface area contributed by atoms with E-state index in [2.05, 4.69) is 36.5 Å². The lowest BCUT2D eigenvalue weighted by molar-refractivity contribution is -0.123. The van der Waals surface area contributed by atoms with Crippen LogP contribution in [0, 0.1) is 6.92 Å². The highest BCUT2D eigenvalue weighted by Gasteiger charge is 2.11. The van der Waals surface area contributed by atoms with E-state index >= 15 is 0 Å². The maximum atomic E-state index is 11.5. The number of nitrogens with two attached hydrogens (primary N) is 1.